The molecule has 0 atom stereocenters. The molecule has 0 aliphatic carbocycles. The predicted molar refractivity (Wildman–Crippen MR) is 113 cm³/mol. The third-order valence-corrected chi connectivity index (χ3v) is 5.32. The van der Waals surface area contributed by atoms with Crippen LogP contribution in [0.25, 0.3) is 22.5 Å². The lowest BCUT2D eigenvalue weighted by molar-refractivity contribution is -0.118. The molecule has 0 aliphatic heterocycles. The maximum atomic E-state index is 12.0. The van der Waals surface area contributed by atoms with Crippen LogP contribution in [-0.2, 0) is 11.3 Å². The number of nitrogens with one attached hydrogen (secondary N) is 1. The van der Waals surface area contributed by atoms with Gasteiger partial charge in [0.15, 0.2) is 0 Å². The van der Waals surface area contributed by atoms with E-state index in [2.05, 4.69) is 25.1 Å². The zero-order chi connectivity index (χ0) is 20.1. The zero-order valence-electron chi connectivity index (χ0n) is 15.4. The Morgan fingerprint density at radius 1 is 1.14 bits per heavy atom. The lowest BCUT2D eigenvalue weighted by Crippen LogP contribution is -2.26. The number of hydrogen-bond donors (Lipinski definition) is 1. The highest BCUT2D eigenvalue weighted by Gasteiger charge is 2.11. The Morgan fingerprint density at radius 3 is 2.83 bits per heavy atom. The highest BCUT2D eigenvalue weighted by Crippen LogP contribution is 2.24. The van der Waals surface area contributed by atoms with Gasteiger partial charge in [-0.3, -0.25) is 4.79 Å². The van der Waals surface area contributed by atoms with Crippen LogP contribution in [0.3, 0.4) is 0 Å². The van der Waals surface area contributed by atoms with Crippen LogP contribution in [0.15, 0.2) is 64.5 Å². The first-order valence-corrected chi connectivity index (χ1v) is 10.4. The molecular formula is C20H18ClN5O2S. The molecule has 29 heavy (non-hydrogen) atoms. The number of rotatable bonds is 8. The molecule has 0 unspecified atom stereocenters. The van der Waals surface area contributed by atoms with Gasteiger partial charge in [-0.15, -0.1) is 10.2 Å². The van der Waals surface area contributed by atoms with E-state index in [1.807, 2.05) is 30.6 Å². The molecule has 2 aromatic heterocycles. The molecule has 2 aromatic carbocycles. The Balaban J connectivity index is 1.20. The van der Waals surface area contributed by atoms with E-state index in [1.165, 1.54) is 11.8 Å². The Morgan fingerprint density at radius 2 is 1.97 bits per heavy atom. The molecular weight excluding hydrogens is 410 g/mol. The summed E-state index contributed by atoms with van der Waals surface area (Å²) in [5, 5.41) is 11.9. The lowest BCUT2D eigenvalue weighted by atomic mass is 10.2. The molecule has 7 nitrogen and oxygen atoms in total. The van der Waals surface area contributed by atoms with E-state index in [1.54, 1.807) is 24.3 Å². The highest BCUT2D eigenvalue weighted by molar-refractivity contribution is 7.99. The fourth-order valence-electron chi connectivity index (χ4n) is 2.82. The fraction of sp³-hybridized carbons (Fsp3) is 0.200. The van der Waals surface area contributed by atoms with Crippen molar-refractivity contribution in [2.24, 2.45) is 0 Å². The standard InChI is InChI=1S/C20H18ClN5O2S/c21-15-8-6-14(7-9-15)19-24-25-20(28-19)29-12-18(27)22-10-3-11-26-13-23-16-4-1-2-5-17(16)26/h1-2,4-9,13H,3,10-12H2,(H,22,27). The maximum absolute atomic E-state index is 12.0. The van der Waals surface area contributed by atoms with E-state index < -0.39 is 0 Å². The summed E-state index contributed by atoms with van der Waals surface area (Å²) in [6.07, 6.45) is 2.65. The van der Waals surface area contributed by atoms with E-state index in [4.69, 9.17) is 16.0 Å². The summed E-state index contributed by atoms with van der Waals surface area (Å²) in [6, 6.07) is 15.1. The van der Waals surface area contributed by atoms with Gasteiger partial charge in [0, 0.05) is 23.7 Å². The highest BCUT2D eigenvalue weighted by atomic mass is 35.5. The summed E-state index contributed by atoms with van der Waals surface area (Å²) in [4.78, 5) is 16.4. The van der Waals surface area contributed by atoms with Crippen LogP contribution in [0.4, 0.5) is 0 Å². The second-order valence-corrected chi connectivity index (χ2v) is 7.66. The molecule has 1 N–H and O–H groups in total. The van der Waals surface area contributed by atoms with Gasteiger partial charge in [0.1, 0.15) is 0 Å². The number of aromatic nitrogens is 4. The number of fused-ring (bicyclic) bond motifs is 1. The SMILES string of the molecule is O=C(CSc1nnc(-c2ccc(Cl)cc2)o1)NCCCn1cnc2ccccc21. The molecule has 4 rings (SSSR count). The van der Waals surface area contributed by atoms with Crippen molar-refractivity contribution in [3.05, 3.63) is 59.9 Å². The van der Waals surface area contributed by atoms with Crippen LogP contribution in [-0.4, -0.2) is 38.0 Å². The molecule has 0 fully saturated rings. The third-order valence-electron chi connectivity index (χ3n) is 4.25. The molecule has 0 spiro atoms. The Bertz CT molecular complexity index is 1110. The molecule has 0 aliphatic rings. The van der Waals surface area contributed by atoms with Crippen molar-refractivity contribution in [1.82, 2.24) is 25.1 Å². The minimum Gasteiger partial charge on any atom is -0.411 e. The van der Waals surface area contributed by atoms with Crippen LogP contribution < -0.4 is 5.32 Å². The first-order valence-electron chi connectivity index (χ1n) is 9.08. The van der Waals surface area contributed by atoms with Crippen molar-refractivity contribution in [3.63, 3.8) is 0 Å². The van der Waals surface area contributed by atoms with Crippen LogP contribution in [0.2, 0.25) is 5.02 Å². The number of carbonyl (C=O) groups excluding carboxylic acids is 1. The number of para-hydroxylation sites is 2. The van der Waals surface area contributed by atoms with Gasteiger partial charge in [-0.2, -0.15) is 0 Å². The third kappa shape index (κ3) is 4.96. The molecule has 9 heteroatoms. The van der Waals surface area contributed by atoms with Gasteiger partial charge in [0.05, 0.1) is 23.1 Å². The van der Waals surface area contributed by atoms with Crippen LogP contribution in [0, 0.1) is 0 Å². The van der Waals surface area contributed by atoms with Crippen molar-refractivity contribution in [2.45, 2.75) is 18.2 Å². The molecule has 0 radical (unpaired) electrons. The van der Waals surface area contributed by atoms with Crippen LogP contribution >= 0.6 is 23.4 Å². The number of benzene rings is 2. The van der Waals surface area contributed by atoms with Gasteiger partial charge in [-0.1, -0.05) is 35.5 Å². The Hall–Kier alpha value is -2.84. The van der Waals surface area contributed by atoms with E-state index in [9.17, 15) is 4.79 Å². The topological polar surface area (TPSA) is 85.8 Å². The largest absolute Gasteiger partial charge is 0.411 e. The Kier molecular flexibility index (Phi) is 6.12. The number of aryl methyl sites for hydroxylation is 1. The minimum absolute atomic E-state index is 0.0725. The van der Waals surface area contributed by atoms with E-state index >= 15 is 0 Å². The van der Waals surface area contributed by atoms with E-state index in [-0.39, 0.29) is 11.7 Å². The average molecular weight is 428 g/mol. The van der Waals surface area contributed by atoms with Gasteiger partial charge < -0.3 is 14.3 Å². The monoisotopic (exact) mass is 427 g/mol. The normalized spacial score (nSPS) is 11.1. The number of halogens is 1. The molecule has 0 saturated heterocycles. The predicted octanol–water partition coefficient (Wildman–Crippen LogP) is 4.04. The summed E-state index contributed by atoms with van der Waals surface area (Å²) >= 11 is 7.09. The van der Waals surface area contributed by atoms with Crippen molar-refractivity contribution in [3.8, 4) is 11.5 Å². The smallest absolute Gasteiger partial charge is 0.277 e. The van der Waals surface area contributed by atoms with Crippen molar-refractivity contribution < 1.29 is 9.21 Å². The first kappa shape index (κ1) is 19.5. The molecule has 0 bridgehead atoms. The number of nitrogens with zero attached hydrogens (tertiary/aromatic N) is 4. The summed E-state index contributed by atoms with van der Waals surface area (Å²) in [5.41, 5.74) is 2.86. The minimum atomic E-state index is -0.0725. The quantitative estimate of drug-likeness (QED) is 0.337. The lowest BCUT2D eigenvalue weighted by Gasteiger charge is -2.06. The molecule has 2 heterocycles. The summed E-state index contributed by atoms with van der Waals surface area (Å²) in [5.74, 6) is 0.546. The second kappa shape index (κ2) is 9.11. The average Bonchev–Trinajstić information content (AvgIpc) is 3.38. The van der Waals surface area contributed by atoms with Crippen LogP contribution in [0.1, 0.15) is 6.42 Å². The summed E-state index contributed by atoms with van der Waals surface area (Å²) in [6.45, 7) is 1.38. The van der Waals surface area contributed by atoms with Gasteiger partial charge in [0.2, 0.25) is 11.8 Å². The number of thioether (sulfide) groups is 1. The van der Waals surface area contributed by atoms with Gasteiger partial charge in [0.25, 0.3) is 5.22 Å². The van der Waals surface area contributed by atoms with E-state index in [0.717, 1.165) is 29.6 Å². The fourth-order valence-corrected chi connectivity index (χ4v) is 3.54. The van der Waals surface area contributed by atoms with Crippen molar-refractivity contribution in [2.75, 3.05) is 12.3 Å². The second-order valence-electron chi connectivity index (χ2n) is 6.30. The van der Waals surface area contributed by atoms with Crippen molar-refractivity contribution >= 4 is 40.3 Å². The van der Waals surface area contributed by atoms with Gasteiger partial charge in [-0.05, 0) is 42.8 Å². The number of hydrogen-bond acceptors (Lipinski definition) is 6. The zero-order valence-corrected chi connectivity index (χ0v) is 17.0. The van der Waals surface area contributed by atoms with Gasteiger partial charge in [-0.25, -0.2) is 4.98 Å². The molecule has 0 saturated carbocycles. The van der Waals surface area contributed by atoms with Crippen LogP contribution in [0.5, 0.6) is 0 Å². The van der Waals surface area contributed by atoms with E-state index in [0.29, 0.717) is 22.7 Å². The first-order chi connectivity index (χ1) is 14.2. The van der Waals surface area contributed by atoms with Crippen molar-refractivity contribution in [1.29, 1.82) is 0 Å². The Labute approximate surface area is 176 Å². The summed E-state index contributed by atoms with van der Waals surface area (Å²) < 4.78 is 7.67. The molecule has 148 valence electrons. The number of imidazole rings is 1. The maximum Gasteiger partial charge on any atom is 0.277 e. The molecule has 1 amide bonds. The summed E-state index contributed by atoms with van der Waals surface area (Å²) in [7, 11) is 0. The molecule has 4 aromatic rings. The number of carbonyl (C=O) groups is 1. The van der Waals surface area contributed by atoms with Gasteiger partial charge >= 0.3 is 0 Å². The number of amides is 1.